The van der Waals surface area contributed by atoms with Gasteiger partial charge in [-0.05, 0) is 24.7 Å². The lowest BCUT2D eigenvalue weighted by molar-refractivity contribution is -0.0952. The van der Waals surface area contributed by atoms with Crippen molar-refractivity contribution >= 4 is 0 Å². The standard InChI is InChI=1S/C11H23NO/c1-4-10(2,3)9(13)11(8-12)6-5-7-11/h9,13H,4-8,12H2,1-3H3. The Bertz CT molecular complexity index is 167. The molecule has 0 aromatic heterocycles. The van der Waals surface area contributed by atoms with E-state index in [9.17, 15) is 5.11 Å². The molecule has 78 valence electrons. The van der Waals surface area contributed by atoms with Crippen LogP contribution in [-0.2, 0) is 0 Å². The van der Waals surface area contributed by atoms with Crippen molar-refractivity contribution in [2.75, 3.05) is 6.54 Å². The fraction of sp³-hybridized carbons (Fsp3) is 1.00. The van der Waals surface area contributed by atoms with Gasteiger partial charge in [-0.2, -0.15) is 0 Å². The van der Waals surface area contributed by atoms with E-state index in [1.54, 1.807) is 0 Å². The zero-order valence-electron chi connectivity index (χ0n) is 9.14. The zero-order chi connectivity index (χ0) is 10.1. The average Bonchev–Trinajstić information content (AvgIpc) is 2.03. The molecule has 1 rings (SSSR count). The summed E-state index contributed by atoms with van der Waals surface area (Å²) in [5.74, 6) is 0. The number of nitrogens with two attached hydrogens (primary N) is 1. The fourth-order valence-corrected chi connectivity index (χ4v) is 2.24. The van der Waals surface area contributed by atoms with Gasteiger partial charge in [0.25, 0.3) is 0 Å². The summed E-state index contributed by atoms with van der Waals surface area (Å²) in [4.78, 5) is 0. The van der Waals surface area contributed by atoms with Gasteiger partial charge in [0.05, 0.1) is 6.10 Å². The Labute approximate surface area is 81.5 Å². The molecule has 1 unspecified atom stereocenters. The number of hydrogen-bond acceptors (Lipinski definition) is 2. The van der Waals surface area contributed by atoms with Gasteiger partial charge in [0.15, 0.2) is 0 Å². The van der Waals surface area contributed by atoms with Gasteiger partial charge in [-0.1, -0.05) is 27.2 Å². The summed E-state index contributed by atoms with van der Waals surface area (Å²) in [6, 6.07) is 0. The maximum Gasteiger partial charge on any atom is 0.0659 e. The molecule has 1 saturated carbocycles. The number of rotatable bonds is 4. The first-order valence-electron chi connectivity index (χ1n) is 5.37. The smallest absolute Gasteiger partial charge is 0.0659 e. The number of aliphatic hydroxyl groups excluding tert-OH is 1. The van der Waals surface area contributed by atoms with Gasteiger partial charge >= 0.3 is 0 Å². The van der Waals surface area contributed by atoms with Gasteiger partial charge in [0.1, 0.15) is 0 Å². The van der Waals surface area contributed by atoms with Crippen LogP contribution in [0.15, 0.2) is 0 Å². The second-order valence-electron chi connectivity index (χ2n) is 5.16. The minimum absolute atomic E-state index is 0.0137. The second kappa shape index (κ2) is 3.58. The summed E-state index contributed by atoms with van der Waals surface area (Å²) in [5, 5.41) is 10.3. The van der Waals surface area contributed by atoms with Crippen LogP contribution in [0.3, 0.4) is 0 Å². The lowest BCUT2D eigenvalue weighted by Gasteiger charge is -2.50. The largest absolute Gasteiger partial charge is 0.392 e. The topological polar surface area (TPSA) is 46.2 Å². The van der Waals surface area contributed by atoms with E-state index in [2.05, 4.69) is 20.8 Å². The first-order valence-corrected chi connectivity index (χ1v) is 5.37. The van der Waals surface area contributed by atoms with E-state index in [0.29, 0.717) is 6.54 Å². The molecule has 0 aromatic carbocycles. The molecule has 0 radical (unpaired) electrons. The van der Waals surface area contributed by atoms with Gasteiger partial charge in [-0.25, -0.2) is 0 Å². The molecule has 2 nitrogen and oxygen atoms in total. The zero-order valence-corrected chi connectivity index (χ0v) is 9.14. The molecular weight excluding hydrogens is 162 g/mol. The molecule has 1 aliphatic carbocycles. The highest BCUT2D eigenvalue weighted by molar-refractivity contribution is 4.99. The predicted octanol–water partition coefficient (Wildman–Crippen LogP) is 1.91. The van der Waals surface area contributed by atoms with Crippen molar-refractivity contribution in [3.05, 3.63) is 0 Å². The molecule has 0 saturated heterocycles. The van der Waals surface area contributed by atoms with Gasteiger partial charge in [0, 0.05) is 12.0 Å². The third kappa shape index (κ3) is 1.75. The molecule has 0 aliphatic heterocycles. The van der Waals surface area contributed by atoms with E-state index in [4.69, 9.17) is 5.73 Å². The molecule has 0 aromatic rings. The molecule has 1 fully saturated rings. The Kier molecular flexibility index (Phi) is 3.03. The molecule has 0 bridgehead atoms. The van der Waals surface area contributed by atoms with Crippen LogP contribution in [0.4, 0.5) is 0 Å². The molecule has 3 N–H and O–H groups in total. The highest BCUT2D eigenvalue weighted by atomic mass is 16.3. The van der Waals surface area contributed by atoms with Gasteiger partial charge < -0.3 is 10.8 Å². The Morgan fingerprint density at radius 1 is 1.46 bits per heavy atom. The molecular formula is C11H23NO. The molecule has 2 heteroatoms. The molecule has 1 atom stereocenters. The molecule has 13 heavy (non-hydrogen) atoms. The van der Waals surface area contributed by atoms with E-state index < -0.39 is 0 Å². The van der Waals surface area contributed by atoms with Crippen LogP contribution in [0.2, 0.25) is 0 Å². The minimum atomic E-state index is -0.233. The average molecular weight is 185 g/mol. The van der Waals surface area contributed by atoms with E-state index in [1.807, 2.05) is 0 Å². The van der Waals surface area contributed by atoms with Crippen LogP contribution >= 0.6 is 0 Å². The summed E-state index contributed by atoms with van der Waals surface area (Å²) in [6.07, 6.45) is 4.22. The first-order chi connectivity index (χ1) is 5.98. The van der Waals surface area contributed by atoms with Crippen molar-refractivity contribution in [3.8, 4) is 0 Å². The summed E-state index contributed by atoms with van der Waals surface area (Å²) >= 11 is 0. The summed E-state index contributed by atoms with van der Waals surface area (Å²) in [5.41, 5.74) is 5.82. The Morgan fingerprint density at radius 2 is 2.00 bits per heavy atom. The van der Waals surface area contributed by atoms with Crippen molar-refractivity contribution in [1.29, 1.82) is 0 Å². The highest BCUT2D eigenvalue weighted by Crippen LogP contribution is 2.49. The minimum Gasteiger partial charge on any atom is -0.392 e. The fourth-order valence-electron chi connectivity index (χ4n) is 2.24. The monoisotopic (exact) mass is 185 g/mol. The summed E-state index contributed by atoms with van der Waals surface area (Å²) in [7, 11) is 0. The quantitative estimate of drug-likeness (QED) is 0.703. The first kappa shape index (κ1) is 11.0. The van der Waals surface area contributed by atoms with Gasteiger partial charge in [0.2, 0.25) is 0 Å². The predicted molar refractivity (Wildman–Crippen MR) is 55.4 cm³/mol. The Hall–Kier alpha value is -0.0800. The van der Waals surface area contributed by atoms with Crippen molar-refractivity contribution in [1.82, 2.24) is 0 Å². The Morgan fingerprint density at radius 3 is 2.23 bits per heavy atom. The van der Waals surface area contributed by atoms with Crippen LogP contribution < -0.4 is 5.73 Å². The highest BCUT2D eigenvalue weighted by Gasteiger charge is 2.47. The van der Waals surface area contributed by atoms with Crippen molar-refractivity contribution in [3.63, 3.8) is 0 Å². The number of aliphatic hydroxyl groups is 1. The summed E-state index contributed by atoms with van der Waals surface area (Å²) < 4.78 is 0. The third-order valence-corrected chi connectivity index (χ3v) is 3.99. The molecule has 0 heterocycles. The van der Waals surface area contributed by atoms with Crippen molar-refractivity contribution in [2.24, 2.45) is 16.6 Å². The Balaban J connectivity index is 2.69. The third-order valence-electron chi connectivity index (χ3n) is 3.99. The van der Waals surface area contributed by atoms with Crippen LogP contribution in [0.25, 0.3) is 0 Å². The summed E-state index contributed by atoms with van der Waals surface area (Å²) in [6.45, 7) is 7.03. The lowest BCUT2D eigenvalue weighted by Crippen LogP contribution is -2.53. The van der Waals surface area contributed by atoms with E-state index in [-0.39, 0.29) is 16.9 Å². The van der Waals surface area contributed by atoms with Crippen LogP contribution in [0.5, 0.6) is 0 Å². The van der Waals surface area contributed by atoms with Gasteiger partial charge in [-0.15, -0.1) is 0 Å². The van der Waals surface area contributed by atoms with E-state index in [0.717, 1.165) is 19.3 Å². The SMILES string of the molecule is CCC(C)(C)C(O)C1(CN)CCC1. The lowest BCUT2D eigenvalue weighted by atomic mass is 9.58. The van der Waals surface area contributed by atoms with Crippen molar-refractivity contribution < 1.29 is 5.11 Å². The maximum absolute atomic E-state index is 10.3. The normalized spacial score (nSPS) is 23.8. The second-order valence-corrected chi connectivity index (χ2v) is 5.16. The van der Waals surface area contributed by atoms with Crippen LogP contribution in [-0.4, -0.2) is 17.8 Å². The van der Waals surface area contributed by atoms with E-state index >= 15 is 0 Å². The molecule has 1 aliphatic rings. The maximum atomic E-state index is 10.3. The van der Waals surface area contributed by atoms with Crippen molar-refractivity contribution in [2.45, 2.75) is 52.6 Å². The van der Waals surface area contributed by atoms with E-state index in [1.165, 1.54) is 6.42 Å². The van der Waals surface area contributed by atoms with Crippen LogP contribution in [0, 0.1) is 10.8 Å². The number of hydrogen-bond donors (Lipinski definition) is 2. The molecule has 0 spiro atoms. The molecule has 0 amide bonds. The van der Waals surface area contributed by atoms with Gasteiger partial charge in [-0.3, -0.25) is 0 Å². The van der Waals surface area contributed by atoms with Crippen LogP contribution in [0.1, 0.15) is 46.5 Å².